The third-order valence-electron chi connectivity index (χ3n) is 4.72. The smallest absolute Gasteiger partial charge is 0.0992 e. The van der Waals surface area contributed by atoms with Crippen LogP contribution >= 0.6 is 0 Å². The topological polar surface area (TPSA) is 76.0 Å². The molecule has 1 aliphatic heterocycles. The average Bonchev–Trinajstić information content (AvgIpc) is 2.75. The van der Waals surface area contributed by atoms with Crippen molar-refractivity contribution in [1.29, 1.82) is 0 Å². The number of hydrogen-bond donors (Lipinski definition) is 4. The predicted molar refractivity (Wildman–Crippen MR) is 96.8 cm³/mol. The first-order valence-electron chi connectivity index (χ1n) is 8.72. The summed E-state index contributed by atoms with van der Waals surface area (Å²) in [6.07, 6.45) is -2.69. The van der Waals surface area contributed by atoms with Gasteiger partial charge in [0.15, 0.2) is 0 Å². The highest BCUT2D eigenvalue weighted by molar-refractivity contribution is 5.18. The number of aliphatic hydroxyl groups is 3. The van der Waals surface area contributed by atoms with E-state index in [4.69, 9.17) is 0 Å². The van der Waals surface area contributed by atoms with Gasteiger partial charge in [-0.2, -0.15) is 0 Å². The second-order valence-corrected chi connectivity index (χ2v) is 6.65. The predicted octanol–water partition coefficient (Wildman–Crippen LogP) is 0.743. The van der Waals surface area contributed by atoms with Gasteiger partial charge in [0.25, 0.3) is 0 Å². The van der Waals surface area contributed by atoms with Gasteiger partial charge in [0.1, 0.15) is 0 Å². The van der Waals surface area contributed by atoms with Crippen molar-refractivity contribution in [2.45, 2.75) is 37.4 Å². The molecule has 2 aromatic rings. The summed E-state index contributed by atoms with van der Waals surface area (Å²) in [7, 11) is 0. The molecule has 5 heteroatoms. The van der Waals surface area contributed by atoms with Gasteiger partial charge in [-0.1, -0.05) is 60.7 Å². The van der Waals surface area contributed by atoms with Gasteiger partial charge in [0.05, 0.1) is 24.4 Å². The summed E-state index contributed by atoms with van der Waals surface area (Å²) in [5, 5.41) is 34.4. The number of nitrogens with one attached hydrogen (secondary N) is 1. The van der Waals surface area contributed by atoms with Gasteiger partial charge in [-0.25, -0.2) is 0 Å². The van der Waals surface area contributed by atoms with E-state index in [-0.39, 0.29) is 6.54 Å². The van der Waals surface area contributed by atoms with E-state index in [0.29, 0.717) is 19.6 Å². The molecular formula is C20H26N2O3. The highest BCUT2D eigenvalue weighted by Crippen LogP contribution is 2.21. The van der Waals surface area contributed by atoms with Crippen LogP contribution in [0.15, 0.2) is 60.7 Å². The summed E-state index contributed by atoms with van der Waals surface area (Å²) in [5.41, 5.74) is 2.20. The molecule has 1 saturated heterocycles. The number of hydrogen-bond acceptors (Lipinski definition) is 5. The second-order valence-electron chi connectivity index (χ2n) is 6.65. The Morgan fingerprint density at radius 2 is 1.24 bits per heavy atom. The number of benzene rings is 2. The molecule has 1 heterocycles. The van der Waals surface area contributed by atoms with Crippen LogP contribution in [-0.4, -0.2) is 57.7 Å². The molecule has 25 heavy (non-hydrogen) atoms. The van der Waals surface area contributed by atoms with Crippen molar-refractivity contribution >= 4 is 0 Å². The molecule has 1 aliphatic rings. The molecule has 1 fully saturated rings. The van der Waals surface area contributed by atoms with Gasteiger partial charge in [0.2, 0.25) is 0 Å². The standard InChI is InChI=1S/C20H26N2O3/c23-17-11-21-12-18(24)20(25)19(17)22(13-15-7-3-1-4-8-15)14-16-9-5-2-6-10-16/h1-10,17-21,23-25H,11-14H2/t17-,18+,19-,20-/m0/s1. The molecule has 4 atom stereocenters. The van der Waals surface area contributed by atoms with Crippen molar-refractivity contribution < 1.29 is 15.3 Å². The molecule has 0 aliphatic carbocycles. The van der Waals surface area contributed by atoms with E-state index in [1.54, 1.807) is 0 Å². The third kappa shape index (κ3) is 4.66. The van der Waals surface area contributed by atoms with Crippen molar-refractivity contribution in [3.05, 3.63) is 71.8 Å². The lowest BCUT2D eigenvalue weighted by Gasteiger charge is -2.37. The summed E-state index contributed by atoms with van der Waals surface area (Å²) in [6.45, 7) is 1.79. The first kappa shape index (κ1) is 18.0. The molecule has 5 nitrogen and oxygen atoms in total. The van der Waals surface area contributed by atoms with Crippen LogP contribution in [0, 0.1) is 0 Å². The average molecular weight is 342 g/mol. The zero-order chi connectivity index (χ0) is 17.6. The molecule has 4 N–H and O–H groups in total. The maximum absolute atomic E-state index is 10.6. The number of nitrogens with zero attached hydrogens (tertiary/aromatic N) is 1. The molecular weight excluding hydrogens is 316 g/mol. The summed E-state index contributed by atoms with van der Waals surface area (Å²) >= 11 is 0. The van der Waals surface area contributed by atoms with E-state index in [0.717, 1.165) is 11.1 Å². The van der Waals surface area contributed by atoms with E-state index in [1.165, 1.54) is 0 Å². The Hall–Kier alpha value is -1.76. The Bertz CT molecular complexity index is 596. The fourth-order valence-electron chi connectivity index (χ4n) is 3.44. The van der Waals surface area contributed by atoms with E-state index in [1.807, 2.05) is 60.7 Å². The van der Waals surface area contributed by atoms with Crippen LogP contribution in [0.3, 0.4) is 0 Å². The Morgan fingerprint density at radius 1 is 0.760 bits per heavy atom. The molecule has 0 unspecified atom stereocenters. The van der Waals surface area contributed by atoms with E-state index < -0.39 is 24.4 Å². The lowest BCUT2D eigenvalue weighted by atomic mass is 9.98. The number of β-amino-alcohol motifs (C(OH)–C–C–N with tert-alkyl or cyclic N) is 2. The van der Waals surface area contributed by atoms with Crippen LogP contribution in [0.1, 0.15) is 11.1 Å². The van der Waals surface area contributed by atoms with Crippen LogP contribution in [0.5, 0.6) is 0 Å². The minimum Gasteiger partial charge on any atom is -0.390 e. The van der Waals surface area contributed by atoms with Gasteiger partial charge < -0.3 is 20.6 Å². The molecule has 134 valence electrons. The van der Waals surface area contributed by atoms with Crippen LogP contribution in [-0.2, 0) is 13.1 Å². The molecule has 0 spiro atoms. The van der Waals surface area contributed by atoms with Crippen molar-refractivity contribution in [1.82, 2.24) is 10.2 Å². The van der Waals surface area contributed by atoms with E-state index >= 15 is 0 Å². The van der Waals surface area contributed by atoms with Crippen molar-refractivity contribution in [3.63, 3.8) is 0 Å². The quantitative estimate of drug-likeness (QED) is 0.645. The third-order valence-corrected chi connectivity index (χ3v) is 4.72. The summed E-state index contributed by atoms with van der Waals surface area (Å²) in [6, 6.07) is 19.4. The van der Waals surface area contributed by atoms with Crippen LogP contribution < -0.4 is 5.32 Å². The fraction of sp³-hybridized carbons (Fsp3) is 0.400. The molecule has 2 aromatic carbocycles. The Labute approximate surface area is 148 Å². The second kappa shape index (κ2) is 8.56. The van der Waals surface area contributed by atoms with Gasteiger partial charge >= 0.3 is 0 Å². The van der Waals surface area contributed by atoms with Crippen molar-refractivity contribution in [3.8, 4) is 0 Å². The van der Waals surface area contributed by atoms with Gasteiger partial charge in [-0.15, -0.1) is 0 Å². The summed E-state index contributed by atoms with van der Waals surface area (Å²) < 4.78 is 0. The Morgan fingerprint density at radius 3 is 1.76 bits per heavy atom. The minimum absolute atomic E-state index is 0.277. The van der Waals surface area contributed by atoms with Crippen LogP contribution in [0.4, 0.5) is 0 Å². The molecule has 0 aromatic heterocycles. The van der Waals surface area contributed by atoms with Crippen LogP contribution in [0.2, 0.25) is 0 Å². The Kier molecular flexibility index (Phi) is 6.18. The molecule has 0 amide bonds. The Balaban J connectivity index is 1.88. The zero-order valence-electron chi connectivity index (χ0n) is 14.2. The van der Waals surface area contributed by atoms with Crippen LogP contribution in [0.25, 0.3) is 0 Å². The fourth-order valence-corrected chi connectivity index (χ4v) is 3.44. The minimum atomic E-state index is -1.02. The monoisotopic (exact) mass is 342 g/mol. The first-order valence-corrected chi connectivity index (χ1v) is 8.72. The highest BCUT2D eigenvalue weighted by Gasteiger charge is 2.38. The number of aliphatic hydroxyl groups excluding tert-OH is 3. The molecule has 0 bridgehead atoms. The van der Waals surface area contributed by atoms with Gasteiger partial charge in [-0.05, 0) is 11.1 Å². The molecule has 3 rings (SSSR count). The first-order chi connectivity index (χ1) is 12.1. The van der Waals surface area contributed by atoms with Gasteiger partial charge in [-0.3, -0.25) is 4.90 Å². The normalized spacial score (nSPS) is 27.2. The lowest BCUT2D eigenvalue weighted by Crippen LogP contribution is -2.54. The molecule has 0 saturated carbocycles. The van der Waals surface area contributed by atoms with Crippen molar-refractivity contribution in [2.75, 3.05) is 13.1 Å². The largest absolute Gasteiger partial charge is 0.390 e. The molecule has 0 radical (unpaired) electrons. The maximum atomic E-state index is 10.6. The van der Waals surface area contributed by atoms with Crippen molar-refractivity contribution in [2.24, 2.45) is 0 Å². The van der Waals surface area contributed by atoms with E-state index in [2.05, 4.69) is 10.2 Å². The maximum Gasteiger partial charge on any atom is 0.0992 e. The zero-order valence-corrected chi connectivity index (χ0v) is 14.2. The lowest BCUT2D eigenvalue weighted by molar-refractivity contribution is -0.0705. The highest BCUT2D eigenvalue weighted by atomic mass is 16.3. The SMILES string of the molecule is O[C@@H]1[C@@H](N(Cc2ccccc2)Cc2ccccc2)[C@@H](O)CNC[C@H]1O. The summed E-state index contributed by atoms with van der Waals surface area (Å²) in [4.78, 5) is 2.05. The summed E-state index contributed by atoms with van der Waals surface area (Å²) in [5.74, 6) is 0. The van der Waals surface area contributed by atoms with Gasteiger partial charge in [0, 0.05) is 26.2 Å². The number of rotatable bonds is 5. The van der Waals surface area contributed by atoms with E-state index in [9.17, 15) is 15.3 Å².